The molecule has 3 rings (SSSR count). The molecule has 1 atom stereocenters. The normalized spacial score (nSPS) is 15.6. The van der Waals surface area contributed by atoms with Gasteiger partial charge in [0.15, 0.2) is 11.0 Å². The van der Waals surface area contributed by atoms with E-state index < -0.39 is 0 Å². The van der Waals surface area contributed by atoms with Crippen LogP contribution in [0.3, 0.4) is 0 Å². The lowest BCUT2D eigenvalue weighted by molar-refractivity contribution is -0.119. The smallest absolute Gasteiger partial charge is 0.251 e. The number of benzene rings is 1. The molecule has 0 bridgehead atoms. The predicted molar refractivity (Wildman–Crippen MR) is 118 cm³/mol. The van der Waals surface area contributed by atoms with E-state index in [1.165, 1.54) is 31.0 Å². The number of nitrogens with zero attached hydrogens (tertiary/aromatic N) is 3. The molecular weight excluding hydrogens is 398 g/mol. The van der Waals surface area contributed by atoms with E-state index in [-0.39, 0.29) is 17.9 Å². The average molecular weight is 430 g/mol. The summed E-state index contributed by atoms with van der Waals surface area (Å²) in [6, 6.07) is 7.48. The summed E-state index contributed by atoms with van der Waals surface area (Å²) in [5.41, 5.74) is 1.73. The Balaban J connectivity index is 1.57. The Kier molecular flexibility index (Phi) is 7.90. The number of nitrogens with one attached hydrogen (secondary N) is 2. The van der Waals surface area contributed by atoms with E-state index in [4.69, 9.17) is 0 Å². The summed E-state index contributed by atoms with van der Waals surface area (Å²) in [7, 11) is 0. The Morgan fingerprint density at radius 3 is 2.53 bits per heavy atom. The Morgan fingerprint density at radius 1 is 1.17 bits per heavy atom. The van der Waals surface area contributed by atoms with Crippen molar-refractivity contribution >= 4 is 23.6 Å². The van der Waals surface area contributed by atoms with Crippen molar-refractivity contribution in [3.8, 4) is 0 Å². The van der Waals surface area contributed by atoms with Crippen molar-refractivity contribution in [2.45, 2.75) is 76.7 Å². The molecule has 1 aliphatic rings. The van der Waals surface area contributed by atoms with Gasteiger partial charge in [0.05, 0.1) is 11.8 Å². The zero-order valence-electron chi connectivity index (χ0n) is 18.0. The van der Waals surface area contributed by atoms with Gasteiger partial charge in [0, 0.05) is 18.2 Å². The highest BCUT2D eigenvalue weighted by molar-refractivity contribution is 7.99. The van der Waals surface area contributed by atoms with E-state index in [0.717, 1.165) is 18.4 Å². The number of thioether (sulfide) groups is 1. The largest absolute Gasteiger partial charge is 0.353 e. The minimum absolute atomic E-state index is 0.0415. The van der Waals surface area contributed by atoms with Gasteiger partial charge in [-0.15, -0.1) is 10.2 Å². The molecule has 0 aliphatic heterocycles. The third-order valence-electron chi connectivity index (χ3n) is 5.41. The molecule has 1 aliphatic carbocycles. The minimum Gasteiger partial charge on any atom is -0.353 e. The summed E-state index contributed by atoms with van der Waals surface area (Å²) in [4.78, 5) is 24.8. The standard InChI is InChI=1S/C22H31N5O2S/c1-4-27-20(16(3)23-21(29)17-12-10-15(2)11-13-17)25-26-22(27)30-14-19(28)24-18-8-6-5-7-9-18/h10-13,16,18H,4-9,14H2,1-3H3,(H,23,29)(H,24,28)/t16-/m0/s1. The fourth-order valence-electron chi connectivity index (χ4n) is 3.72. The number of rotatable bonds is 8. The molecule has 1 saturated carbocycles. The number of hydrogen-bond acceptors (Lipinski definition) is 5. The van der Waals surface area contributed by atoms with Crippen molar-refractivity contribution in [3.63, 3.8) is 0 Å². The Hall–Kier alpha value is -2.35. The van der Waals surface area contributed by atoms with E-state index in [1.54, 1.807) is 0 Å². The fourth-order valence-corrected chi connectivity index (χ4v) is 4.54. The highest BCUT2D eigenvalue weighted by atomic mass is 32.2. The van der Waals surface area contributed by atoms with E-state index in [1.807, 2.05) is 49.6 Å². The van der Waals surface area contributed by atoms with E-state index in [2.05, 4.69) is 20.8 Å². The SMILES string of the molecule is CCn1c(SCC(=O)NC2CCCCC2)nnc1[C@H](C)NC(=O)c1ccc(C)cc1. The molecule has 162 valence electrons. The molecule has 8 heteroatoms. The lowest BCUT2D eigenvalue weighted by atomic mass is 9.95. The first-order chi connectivity index (χ1) is 14.5. The third kappa shape index (κ3) is 5.84. The average Bonchev–Trinajstić information content (AvgIpc) is 3.16. The summed E-state index contributed by atoms with van der Waals surface area (Å²) in [5, 5.41) is 15.4. The number of carbonyl (C=O) groups is 2. The first-order valence-electron chi connectivity index (χ1n) is 10.7. The Labute approximate surface area is 182 Å². The molecule has 7 nitrogen and oxygen atoms in total. The summed E-state index contributed by atoms with van der Waals surface area (Å²) in [6.45, 7) is 6.56. The van der Waals surface area contributed by atoms with Crippen LogP contribution in [0.1, 0.15) is 73.7 Å². The fraction of sp³-hybridized carbons (Fsp3) is 0.545. The number of aryl methyl sites for hydroxylation is 1. The third-order valence-corrected chi connectivity index (χ3v) is 6.38. The maximum absolute atomic E-state index is 12.5. The molecule has 0 radical (unpaired) electrons. The molecule has 0 unspecified atom stereocenters. The van der Waals surface area contributed by atoms with Crippen LogP contribution in [-0.4, -0.2) is 38.4 Å². The van der Waals surface area contributed by atoms with Gasteiger partial charge in [-0.1, -0.05) is 48.7 Å². The second-order valence-corrected chi connectivity index (χ2v) is 8.78. The van der Waals surface area contributed by atoms with Gasteiger partial charge in [0.2, 0.25) is 5.91 Å². The first kappa shape index (κ1) is 22.3. The molecule has 2 aromatic rings. The number of amides is 2. The second-order valence-electron chi connectivity index (χ2n) is 7.84. The van der Waals surface area contributed by atoms with Crippen molar-refractivity contribution in [2.75, 3.05) is 5.75 Å². The van der Waals surface area contributed by atoms with Gasteiger partial charge >= 0.3 is 0 Å². The molecule has 0 saturated heterocycles. The highest BCUT2D eigenvalue weighted by Gasteiger charge is 2.21. The quantitative estimate of drug-likeness (QED) is 0.626. The van der Waals surface area contributed by atoms with Crippen LogP contribution >= 0.6 is 11.8 Å². The summed E-state index contributed by atoms with van der Waals surface area (Å²) in [6.07, 6.45) is 5.80. The minimum atomic E-state index is -0.295. The van der Waals surface area contributed by atoms with Gasteiger partial charge < -0.3 is 15.2 Å². The maximum Gasteiger partial charge on any atom is 0.251 e. The predicted octanol–water partition coefficient (Wildman–Crippen LogP) is 3.64. The van der Waals surface area contributed by atoms with Crippen LogP contribution in [0.5, 0.6) is 0 Å². The van der Waals surface area contributed by atoms with Crippen LogP contribution < -0.4 is 10.6 Å². The molecule has 2 N–H and O–H groups in total. The first-order valence-corrected chi connectivity index (χ1v) is 11.7. The van der Waals surface area contributed by atoms with E-state index >= 15 is 0 Å². The molecule has 1 aromatic heterocycles. The topological polar surface area (TPSA) is 88.9 Å². The molecule has 0 spiro atoms. The molecule has 1 heterocycles. The molecule has 1 aromatic carbocycles. The molecule has 2 amide bonds. The lowest BCUT2D eigenvalue weighted by Crippen LogP contribution is -2.37. The molecule has 30 heavy (non-hydrogen) atoms. The lowest BCUT2D eigenvalue weighted by Gasteiger charge is -2.22. The highest BCUT2D eigenvalue weighted by Crippen LogP contribution is 2.22. The number of aromatic nitrogens is 3. The maximum atomic E-state index is 12.5. The van der Waals surface area contributed by atoms with E-state index in [9.17, 15) is 9.59 Å². The van der Waals surface area contributed by atoms with Gasteiger partial charge in [-0.05, 0) is 45.7 Å². The number of hydrogen-bond donors (Lipinski definition) is 2. The van der Waals surface area contributed by atoms with Crippen molar-refractivity contribution in [1.29, 1.82) is 0 Å². The van der Waals surface area contributed by atoms with Gasteiger partial charge in [0.25, 0.3) is 5.91 Å². The van der Waals surface area contributed by atoms with Gasteiger partial charge in [-0.25, -0.2) is 0 Å². The van der Waals surface area contributed by atoms with Crippen LogP contribution in [0.4, 0.5) is 0 Å². The summed E-state index contributed by atoms with van der Waals surface area (Å²) < 4.78 is 1.96. The zero-order valence-corrected chi connectivity index (χ0v) is 18.8. The Bertz CT molecular complexity index is 859. The van der Waals surface area contributed by atoms with Gasteiger partial charge in [-0.2, -0.15) is 0 Å². The van der Waals surface area contributed by atoms with Crippen molar-refractivity contribution in [1.82, 2.24) is 25.4 Å². The summed E-state index contributed by atoms with van der Waals surface area (Å²) in [5.74, 6) is 0.904. The van der Waals surface area contributed by atoms with Crippen LogP contribution in [0.2, 0.25) is 0 Å². The second kappa shape index (κ2) is 10.6. The van der Waals surface area contributed by atoms with Crippen LogP contribution in [0, 0.1) is 6.92 Å². The van der Waals surface area contributed by atoms with Crippen molar-refractivity contribution in [2.24, 2.45) is 0 Å². The van der Waals surface area contributed by atoms with E-state index in [0.29, 0.717) is 34.9 Å². The van der Waals surface area contributed by atoms with Gasteiger partial charge in [0.1, 0.15) is 0 Å². The summed E-state index contributed by atoms with van der Waals surface area (Å²) >= 11 is 1.39. The van der Waals surface area contributed by atoms with Crippen LogP contribution in [0.25, 0.3) is 0 Å². The Morgan fingerprint density at radius 2 is 1.87 bits per heavy atom. The number of carbonyl (C=O) groups excluding carboxylic acids is 2. The monoisotopic (exact) mass is 429 g/mol. The zero-order chi connectivity index (χ0) is 21.5. The molecule has 1 fully saturated rings. The molecular formula is C22H31N5O2S. The van der Waals surface area contributed by atoms with Crippen LogP contribution in [0.15, 0.2) is 29.4 Å². The van der Waals surface area contributed by atoms with Crippen molar-refractivity contribution < 1.29 is 9.59 Å². The van der Waals surface area contributed by atoms with Gasteiger partial charge in [-0.3, -0.25) is 9.59 Å². The van der Waals surface area contributed by atoms with Crippen LogP contribution in [-0.2, 0) is 11.3 Å². The van der Waals surface area contributed by atoms with Crippen molar-refractivity contribution in [3.05, 3.63) is 41.2 Å².